The van der Waals surface area contributed by atoms with Gasteiger partial charge in [0.1, 0.15) is 0 Å². The minimum atomic E-state index is 0.0531. The van der Waals surface area contributed by atoms with Crippen LogP contribution in [0.2, 0.25) is 5.02 Å². The Morgan fingerprint density at radius 3 is 2.69 bits per heavy atom. The lowest BCUT2D eigenvalue weighted by Gasteiger charge is -2.14. The highest BCUT2D eigenvalue weighted by Gasteiger charge is 2.06. The van der Waals surface area contributed by atoms with Gasteiger partial charge < -0.3 is 9.47 Å². The van der Waals surface area contributed by atoms with Crippen LogP contribution in [0.3, 0.4) is 0 Å². The summed E-state index contributed by atoms with van der Waals surface area (Å²) < 4.78 is 1.92. The van der Waals surface area contributed by atoms with E-state index in [1.807, 2.05) is 23.9 Å². The summed E-state index contributed by atoms with van der Waals surface area (Å²) in [5.74, 6) is 0.0531. The second kappa shape index (κ2) is 3.83. The molecule has 72 valence electrons. The fourth-order valence-electron chi connectivity index (χ4n) is 1.08. The normalized spacial score (nSPS) is 10.2. The summed E-state index contributed by atoms with van der Waals surface area (Å²) in [5, 5.41) is 0.703. The molecule has 3 nitrogen and oxygen atoms in total. The first-order valence-corrected chi connectivity index (χ1v) is 4.41. The number of nitrogens with zero attached hydrogens (tertiary/aromatic N) is 2. The minimum absolute atomic E-state index is 0.0531. The Kier molecular flexibility index (Phi) is 2.98. The van der Waals surface area contributed by atoms with E-state index in [2.05, 4.69) is 0 Å². The highest BCUT2D eigenvalue weighted by molar-refractivity contribution is 6.30. The summed E-state index contributed by atoms with van der Waals surface area (Å²) in [6.45, 7) is 2.14. The smallest absolute Gasteiger partial charge is 0.219 e. The summed E-state index contributed by atoms with van der Waals surface area (Å²) in [5.41, 5.74) is 1.03. The molecule has 0 aliphatic carbocycles. The number of carbonyl (C=O) groups is 1. The first kappa shape index (κ1) is 10.1. The predicted octanol–water partition coefficient (Wildman–Crippen LogP) is 1.66. The van der Waals surface area contributed by atoms with Gasteiger partial charge in [0.25, 0.3) is 0 Å². The number of carbonyl (C=O) groups excluding carboxylic acids is 1. The molecule has 4 heteroatoms. The van der Waals surface area contributed by atoms with Gasteiger partial charge in [-0.3, -0.25) is 4.79 Å². The van der Waals surface area contributed by atoms with Gasteiger partial charge in [0.05, 0.1) is 11.6 Å². The number of hydrogen-bond donors (Lipinski definition) is 0. The lowest BCUT2D eigenvalue weighted by atomic mass is 10.4. The Hall–Kier alpha value is -0.960. The lowest BCUT2D eigenvalue weighted by molar-refractivity contribution is -0.128. The van der Waals surface area contributed by atoms with Gasteiger partial charge in [-0.2, -0.15) is 0 Å². The monoisotopic (exact) mass is 200 g/mol. The van der Waals surface area contributed by atoms with Crippen LogP contribution in [0.15, 0.2) is 12.3 Å². The Morgan fingerprint density at radius 1 is 1.69 bits per heavy atom. The highest BCUT2D eigenvalue weighted by atomic mass is 35.5. The maximum atomic E-state index is 10.9. The van der Waals surface area contributed by atoms with Gasteiger partial charge in [0.2, 0.25) is 5.91 Å². The van der Waals surface area contributed by atoms with E-state index in [0.29, 0.717) is 11.6 Å². The second-order valence-electron chi connectivity index (χ2n) is 3.14. The fraction of sp³-hybridized carbons (Fsp3) is 0.444. The fourth-order valence-corrected chi connectivity index (χ4v) is 1.35. The van der Waals surface area contributed by atoms with E-state index in [0.717, 1.165) is 5.69 Å². The molecule has 0 bridgehead atoms. The molecule has 1 aromatic heterocycles. The standard InChI is InChI=1S/C9H13ClN2O/c1-7(13)11(2)6-9-4-8(10)5-12(9)3/h4-5H,6H2,1-3H3. The molecule has 0 saturated carbocycles. The van der Waals surface area contributed by atoms with Crippen LogP contribution in [0.5, 0.6) is 0 Å². The van der Waals surface area contributed by atoms with Crippen molar-refractivity contribution in [2.24, 2.45) is 7.05 Å². The van der Waals surface area contributed by atoms with E-state index in [1.165, 1.54) is 0 Å². The molecular formula is C9H13ClN2O. The topological polar surface area (TPSA) is 25.2 Å². The quantitative estimate of drug-likeness (QED) is 0.713. The highest BCUT2D eigenvalue weighted by Crippen LogP contribution is 2.13. The van der Waals surface area contributed by atoms with Crippen molar-refractivity contribution in [2.75, 3.05) is 7.05 Å². The summed E-state index contributed by atoms with van der Waals surface area (Å²) in [6, 6.07) is 1.86. The zero-order valence-corrected chi connectivity index (χ0v) is 8.80. The molecule has 1 heterocycles. The van der Waals surface area contributed by atoms with Crippen molar-refractivity contribution >= 4 is 17.5 Å². The van der Waals surface area contributed by atoms with E-state index in [-0.39, 0.29) is 5.91 Å². The Bertz CT molecular complexity index is 319. The van der Waals surface area contributed by atoms with E-state index in [9.17, 15) is 4.79 Å². The van der Waals surface area contributed by atoms with E-state index < -0.39 is 0 Å². The number of hydrogen-bond acceptors (Lipinski definition) is 1. The van der Waals surface area contributed by atoms with Gasteiger partial charge in [-0.1, -0.05) is 11.6 Å². The SMILES string of the molecule is CC(=O)N(C)Cc1cc(Cl)cn1C. The largest absolute Gasteiger partial charge is 0.351 e. The van der Waals surface area contributed by atoms with Gasteiger partial charge in [0, 0.05) is 32.9 Å². The molecule has 13 heavy (non-hydrogen) atoms. The van der Waals surface area contributed by atoms with Crippen molar-refractivity contribution in [1.29, 1.82) is 0 Å². The summed E-state index contributed by atoms with van der Waals surface area (Å²) in [4.78, 5) is 12.6. The molecule has 0 unspecified atom stereocenters. The maximum absolute atomic E-state index is 10.9. The van der Waals surface area contributed by atoms with Crippen molar-refractivity contribution in [3.8, 4) is 0 Å². The molecule has 0 spiro atoms. The molecule has 0 saturated heterocycles. The molecule has 1 amide bonds. The van der Waals surface area contributed by atoms with Crippen LogP contribution in [0.25, 0.3) is 0 Å². The van der Waals surface area contributed by atoms with Crippen molar-refractivity contribution < 1.29 is 4.79 Å². The van der Waals surface area contributed by atoms with E-state index in [4.69, 9.17) is 11.6 Å². The van der Waals surface area contributed by atoms with E-state index >= 15 is 0 Å². The third-order valence-corrected chi connectivity index (χ3v) is 2.22. The molecule has 1 aromatic rings. The molecule has 0 atom stereocenters. The third-order valence-electron chi connectivity index (χ3n) is 2.01. The van der Waals surface area contributed by atoms with Crippen molar-refractivity contribution in [2.45, 2.75) is 13.5 Å². The Morgan fingerprint density at radius 2 is 2.31 bits per heavy atom. The van der Waals surface area contributed by atoms with Crippen molar-refractivity contribution in [1.82, 2.24) is 9.47 Å². The zero-order valence-electron chi connectivity index (χ0n) is 8.04. The maximum Gasteiger partial charge on any atom is 0.219 e. The van der Waals surface area contributed by atoms with Crippen LogP contribution in [0.4, 0.5) is 0 Å². The lowest BCUT2D eigenvalue weighted by Crippen LogP contribution is -2.24. The molecule has 0 aromatic carbocycles. The average molecular weight is 201 g/mol. The third kappa shape index (κ3) is 2.49. The molecule has 0 radical (unpaired) electrons. The van der Waals surface area contributed by atoms with Crippen LogP contribution in [0, 0.1) is 0 Å². The van der Waals surface area contributed by atoms with Crippen molar-refractivity contribution in [3.05, 3.63) is 23.0 Å². The van der Waals surface area contributed by atoms with Gasteiger partial charge in [0.15, 0.2) is 0 Å². The van der Waals surface area contributed by atoms with Gasteiger partial charge in [-0.15, -0.1) is 0 Å². The van der Waals surface area contributed by atoms with Crippen LogP contribution < -0.4 is 0 Å². The number of rotatable bonds is 2. The molecule has 1 rings (SSSR count). The first-order valence-electron chi connectivity index (χ1n) is 4.03. The van der Waals surface area contributed by atoms with Crippen LogP contribution in [0.1, 0.15) is 12.6 Å². The minimum Gasteiger partial charge on any atom is -0.351 e. The second-order valence-corrected chi connectivity index (χ2v) is 3.57. The Balaban J connectivity index is 2.74. The Labute approximate surface area is 82.9 Å². The molecule has 0 aliphatic heterocycles. The molecule has 0 fully saturated rings. The van der Waals surface area contributed by atoms with Gasteiger partial charge in [-0.25, -0.2) is 0 Å². The number of halogens is 1. The van der Waals surface area contributed by atoms with Crippen molar-refractivity contribution in [3.63, 3.8) is 0 Å². The van der Waals surface area contributed by atoms with Crippen LogP contribution in [-0.4, -0.2) is 22.4 Å². The van der Waals surface area contributed by atoms with Gasteiger partial charge in [-0.05, 0) is 6.07 Å². The first-order chi connectivity index (χ1) is 6.00. The summed E-state index contributed by atoms with van der Waals surface area (Å²) in [7, 11) is 3.68. The van der Waals surface area contributed by atoms with Gasteiger partial charge >= 0.3 is 0 Å². The summed E-state index contributed by atoms with van der Waals surface area (Å²) >= 11 is 5.80. The number of amides is 1. The van der Waals surface area contributed by atoms with Crippen LogP contribution in [-0.2, 0) is 18.4 Å². The average Bonchev–Trinajstić information content (AvgIpc) is 2.30. The van der Waals surface area contributed by atoms with E-state index in [1.54, 1.807) is 18.9 Å². The molecule has 0 aliphatic rings. The summed E-state index contributed by atoms with van der Waals surface area (Å²) in [6.07, 6.45) is 1.82. The molecule has 0 N–H and O–H groups in total. The van der Waals surface area contributed by atoms with Crippen LogP contribution >= 0.6 is 11.6 Å². The number of aryl methyl sites for hydroxylation is 1. The number of aromatic nitrogens is 1. The zero-order chi connectivity index (χ0) is 10.0. The predicted molar refractivity (Wildman–Crippen MR) is 52.6 cm³/mol. The molecular weight excluding hydrogens is 188 g/mol.